The summed E-state index contributed by atoms with van der Waals surface area (Å²) in [6.45, 7) is 3.64. The highest BCUT2D eigenvalue weighted by Crippen LogP contribution is 2.36. The Morgan fingerprint density at radius 1 is 1.06 bits per heavy atom. The molecule has 2 N–H and O–H groups in total. The third-order valence-electron chi connectivity index (χ3n) is 7.17. The average molecular weight is 436 g/mol. The second-order valence-electron chi connectivity index (χ2n) is 9.16. The summed E-state index contributed by atoms with van der Waals surface area (Å²) >= 11 is 0. The Hall–Kier alpha value is -3.16. The van der Waals surface area contributed by atoms with Gasteiger partial charge in [-0.15, -0.1) is 0 Å². The number of nitrogens with zero attached hydrogens (tertiary/aromatic N) is 3. The third kappa shape index (κ3) is 3.38. The number of piperidine rings is 1. The highest BCUT2D eigenvalue weighted by molar-refractivity contribution is 6.13. The van der Waals surface area contributed by atoms with Crippen molar-refractivity contribution in [3.05, 3.63) is 30.6 Å². The maximum atomic E-state index is 13.1. The van der Waals surface area contributed by atoms with Gasteiger partial charge in [0.2, 0.25) is 5.91 Å². The molecule has 2 saturated heterocycles. The second-order valence-corrected chi connectivity index (χ2v) is 9.16. The number of hydrogen-bond acceptors (Lipinski definition) is 5. The van der Waals surface area contributed by atoms with Gasteiger partial charge in [0.25, 0.3) is 5.91 Å². The van der Waals surface area contributed by atoms with Gasteiger partial charge in [-0.2, -0.15) is 0 Å². The number of imide groups is 1. The van der Waals surface area contributed by atoms with Crippen molar-refractivity contribution >= 4 is 40.0 Å². The maximum Gasteiger partial charge on any atom is 0.325 e. The minimum Gasteiger partial charge on any atom is -0.371 e. The lowest BCUT2D eigenvalue weighted by atomic mass is 9.97. The van der Waals surface area contributed by atoms with Crippen molar-refractivity contribution in [2.24, 2.45) is 0 Å². The molecule has 2 aliphatic heterocycles. The van der Waals surface area contributed by atoms with Crippen molar-refractivity contribution in [1.82, 2.24) is 15.2 Å². The zero-order valence-electron chi connectivity index (χ0n) is 18.4. The van der Waals surface area contributed by atoms with Crippen LogP contribution in [0.1, 0.15) is 51.9 Å². The van der Waals surface area contributed by atoms with E-state index in [4.69, 9.17) is 0 Å². The van der Waals surface area contributed by atoms with Crippen LogP contribution in [0.4, 0.5) is 16.2 Å². The number of carbonyl (C=O) groups excluding carboxylic acids is 3. The number of hydrogen-bond donors (Lipinski definition) is 2. The number of anilines is 2. The van der Waals surface area contributed by atoms with Crippen molar-refractivity contribution in [3.8, 4) is 0 Å². The summed E-state index contributed by atoms with van der Waals surface area (Å²) in [5.41, 5.74) is 0.956. The number of fused-ring (bicyclic) bond motifs is 1. The smallest absolute Gasteiger partial charge is 0.325 e. The molecule has 8 nitrogen and oxygen atoms in total. The van der Waals surface area contributed by atoms with Crippen LogP contribution in [0.5, 0.6) is 0 Å². The highest BCUT2D eigenvalue weighted by atomic mass is 16.2. The molecule has 1 aliphatic carbocycles. The summed E-state index contributed by atoms with van der Waals surface area (Å²) in [5.74, 6) is -0.672. The second kappa shape index (κ2) is 8.07. The average Bonchev–Trinajstić information content (AvgIpc) is 3.38. The predicted molar refractivity (Wildman–Crippen MR) is 122 cm³/mol. The number of nitrogens with one attached hydrogen (secondary N) is 2. The van der Waals surface area contributed by atoms with Gasteiger partial charge in [-0.1, -0.05) is 12.8 Å². The lowest BCUT2D eigenvalue weighted by molar-refractivity contribution is -0.136. The van der Waals surface area contributed by atoms with Gasteiger partial charge in [0.05, 0.1) is 5.69 Å². The van der Waals surface area contributed by atoms with Gasteiger partial charge in [-0.25, -0.2) is 9.69 Å². The lowest BCUT2D eigenvalue weighted by Crippen LogP contribution is -2.48. The van der Waals surface area contributed by atoms with Crippen molar-refractivity contribution < 1.29 is 14.4 Å². The predicted octanol–water partition coefficient (Wildman–Crippen LogP) is 3.42. The van der Waals surface area contributed by atoms with E-state index in [0.717, 1.165) is 47.3 Å². The van der Waals surface area contributed by atoms with Gasteiger partial charge in [0.1, 0.15) is 11.6 Å². The van der Waals surface area contributed by atoms with Gasteiger partial charge in [-0.05, 0) is 57.2 Å². The van der Waals surface area contributed by atoms with E-state index < -0.39 is 17.6 Å². The van der Waals surface area contributed by atoms with E-state index >= 15 is 0 Å². The van der Waals surface area contributed by atoms with E-state index in [-0.39, 0.29) is 11.8 Å². The molecule has 2 aromatic rings. The standard InChI is InChI=1S/C24H29N5O3/c1-16(29-22(31)24(27-23(29)32)10-3-4-11-24)21(30)26-19-7-8-20(28-13-5-2-6-14-28)17-9-12-25-15-18(17)19/h7-9,12,15-16H,2-6,10-11,13-14H2,1H3,(H,26,30)(H,27,32). The molecule has 3 fully saturated rings. The molecule has 5 rings (SSSR count). The molecule has 0 bridgehead atoms. The van der Waals surface area contributed by atoms with E-state index in [2.05, 4.69) is 20.5 Å². The summed E-state index contributed by atoms with van der Waals surface area (Å²) in [4.78, 5) is 46.4. The van der Waals surface area contributed by atoms with Crippen LogP contribution in [-0.4, -0.2) is 52.4 Å². The molecule has 3 heterocycles. The molecule has 32 heavy (non-hydrogen) atoms. The highest BCUT2D eigenvalue weighted by Gasteiger charge is 2.54. The van der Waals surface area contributed by atoms with E-state index in [9.17, 15) is 14.4 Å². The number of amides is 4. The fourth-order valence-corrected chi connectivity index (χ4v) is 5.36. The fourth-order valence-electron chi connectivity index (χ4n) is 5.36. The number of pyridine rings is 1. The summed E-state index contributed by atoms with van der Waals surface area (Å²) in [6, 6.07) is 4.51. The first-order valence-corrected chi connectivity index (χ1v) is 11.6. The molecule has 4 amide bonds. The molecule has 0 radical (unpaired) electrons. The summed E-state index contributed by atoms with van der Waals surface area (Å²) in [6.07, 6.45) is 10.2. The topological polar surface area (TPSA) is 94.6 Å². The fraction of sp³-hybridized carbons (Fsp3) is 0.500. The van der Waals surface area contributed by atoms with Crippen LogP contribution in [0.15, 0.2) is 30.6 Å². The molecular weight excluding hydrogens is 406 g/mol. The van der Waals surface area contributed by atoms with Crippen molar-refractivity contribution in [3.63, 3.8) is 0 Å². The van der Waals surface area contributed by atoms with Crippen LogP contribution in [0.2, 0.25) is 0 Å². The van der Waals surface area contributed by atoms with Crippen molar-refractivity contribution in [2.45, 2.75) is 63.5 Å². The Morgan fingerprint density at radius 2 is 1.81 bits per heavy atom. The van der Waals surface area contributed by atoms with E-state index in [0.29, 0.717) is 18.5 Å². The first kappa shape index (κ1) is 20.7. The SMILES string of the molecule is CC(C(=O)Nc1ccc(N2CCCCC2)c2ccncc12)N1C(=O)NC2(CCCC2)C1=O. The van der Waals surface area contributed by atoms with E-state index in [1.165, 1.54) is 19.3 Å². The summed E-state index contributed by atoms with van der Waals surface area (Å²) in [5, 5.41) is 7.67. The zero-order chi connectivity index (χ0) is 22.3. The molecule has 1 spiro atoms. The van der Waals surface area contributed by atoms with Gasteiger partial charge in [0.15, 0.2) is 0 Å². The van der Waals surface area contributed by atoms with Crippen molar-refractivity contribution in [2.75, 3.05) is 23.3 Å². The maximum absolute atomic E-state index is 13.1. The minimum atomic E-state index is -0.907. The molecule has 3 aliphatic rings. The Bertz CT molecular complexity index is 1070. The van der Waals surface area contributed by atoms with Gasteiger partial charge in [0, 0.05) is 41.9 Å². The van der Waals surface area contributed by atoms with Crippen LogP contribution < -0.4 is 15.5 Å². The Labute approximate surface area is 187 Å². The first-order chi connectivity index (χ1) is 15.5. The monoisotopic (exact) mass is 435 g/mol. The number of rotatable bonds is 4. The van der Waals surface area contributed by atoms with Gasteiger partial charge in [-0.3, -0.25) is 14.6 Å². The Balaban J connectivity index is 1.39. The minimum absolute atomic E-state index is 0.283. The summed E-state index contributed by atoms with van der Waals surface area (Å²) in [7, 11) is 0. The van der Waals surface area contributed by atoms with Crippen LogP contribution in [0.25, 0.3) is 10.8 Å². The van der Waals surface area contributed by atoms with Gasteiger partial charge < -0.3 is 15.5 Å². The molecular formula is C24H29N5O3. The van der Waals surface area contributed by atoms with Crippen LogP contribution in [-0.2, 0) is 9.59 Å². The van der Waals surface area contributed by atoms with Crippen molar-refractivity contribution in [1.29, 1.82) is 0 Å². The molecule has 1 unspecified atom stereocenters. The number of benzene rings is 1. The van der Waals surface area contributed by atoms with E-state index in [1.807, 2.05) is 18.2 Å². The lowest BCUT2D eigenvalue weighted by Gasteiger charge is -2.30. The third-order valence-corrected chi connectivity index (χ3v) is 7.17. The molecule has 8 heteroatoms. The quantitative estimate of drug-likeness (QED) is 0.718. The first-order valence-electron chi connectivity index (χ1n) is 11.6. The Kier molecular flexibility index (Phi) is 5.23. The number of carbonyl (C=O) groups is 3. The molecule has 1 saturated carbocycles. The van der Waals surface area contributed by atoms with Gasteiger partial charge >= 0.3 is 6.03 Å². The van der Waals surface area contributed by atoms with Crippen LogP contribution >= 0.6 is 0 Å². The zero-order valence-corrected chi connectivity index (χ0v) is 18.4. The molecule has 1 aromatic carbocycles. The molecule has 1 atom stereocenters. The number of urea groups is 1. The largest absolute Gasteiger partial charge is 0.371 e. The number of aromatic nitrogens is 1. The summed E-state index contributed by atoms with van der Waals surface area (Å²) < 4.78 is 0. The van der Waals surface area contributed by atoms with Crippen LogP contribution in [0, 0.1) is 0 Å². The molecule has 168 valence electrons. The van der Waals surface area contributed by atoms with E-state index in [1.54, 1.807) is 19.3 Å². The normalized spacial score (nSPS) is 21.3. The molecule has 1 aromatic heterocycles. The van der Waals surface area contributed by atoms with Crippen LogP contribution in [0.3, 0.4) is 0 Å². The Morgan fingerprint density at radius 3 is 2.56 bits per heavy atom.